The average Bonchev–Trinajstić information content (AvgIpc) is 2.94. The zero-order chi connectivity index (χ0) is 26.3. The summed E-state index contributed by atoms with van der Waals surface area (Å²) in [5.74, 6) is 0.524. The molecule has 1 saturated heterocycles. The number of aromatic nitrogens is 4. The lowest BCUT2D eigenvalue weighted by Crippen LogP contribution is -2.45. The van der Waals surface area contributed by atoms with Crippen LogP contribution in [0.2, 0.25) is 0 Å². The summed E-state index contributed by atoms with van der Waals surface area (Å²) in [7, 11) is 0. The number of hydrogen-bond acceptors (Lipinski definition) is 8. The molecule has 0 unspecified atom stereocenters. The number of rotatable bonds is 5. The van der Waals surface area contributed by atoms with Gasteiger partial charge >= 0.3 is 0 Å². The summed E-state index contributed by atoms with van der Waals surface area (Å²) in [4.78, 5) is 31.5. The molecular weight excluding hydrogens is 480 g/mol. The van der Waals surface area contributed by atoms with Crippen molar-refractivity contribution in [2.45, 2.75) is 37.8 Å². The van der Waals surface area contributed by atoms with Crippen molar-refractivity contribution < 1.29 is 14.3 Å². The maximum absolute atomic E-state index is 13.0. The highest BCUT2D eigenvalue weighted by Gasteiger charge is 2.38. The minimum atomic E-state index is -0.777. The van der Waals surface area contributed by atoms with Crippen LogP contribution in [0.3, 0.4) is 0 Å². The van der Waals surface area contributed by atoms with Gasteiger partial charge in [-0.1, -0.05) is 6.07 Å². The lowest BCUT2D eigenvalue weighted by atomic mass is 9.79. The second kappa shape index (κ2) is 9.24. The van der Waals surface area contributed by atoms with E-state index in [0.717, 1.165) is 39.2 Å². The summed E-state index contributed by atoms with van der Waals surface area (Å²) < 4.78 is 10.9. The van der Waals surface area contributed by atoms with Crippen LogP contribution in [-0.4, -0.2) is 45.7 Å². The Morgan fingerprint density at radius 3 is 2.66 bits per heavy atom. The summed E-state index contributed by atoms with van der Waals surface area (Å²) >= 11 is 0. The zero-order valence-electron chi connectivity index (χ0n) is 21.2. The molecule has 4 aromatic rings. The van der Waals surface area contributed by atoms with E-state index in [-0.39, 0.29) is 17.9 Å². The van der Waals surface area contributed by atoms with Gasteiger partial charge in [-0.25, -0.2) is 15.0 Å². The van der Waals surface area contributed by atoms with Crippen molar-refractivity contribution >= 4 is 16.8 Å². The van der Waals surface area contributed by atoms with Gasteiger partial charge in [0.05, 0.1) is 67.1 Å². The first-order valence-electron chi connectivity index (χ1n) is 12.4. The summed E-state index contributed by atoms with van der Waals surface area (Å²) in [6, 6.07) is 15.3. The number of carbonyl (C=O) groups is 1. The Morgan fingerprint density at radius 1 is 1.03 bits per heavy atom. The van der Waals surface area contributed by atoms with Crippen LogP contribution in [0.25, 0.3) is 22.3 Å². The number of fused-ring (bicyclic) bond motifs is 2. The van der Waals surface area contributed by atoms with E-state index in [2.05, 4.69) is 28.3 Å². The van der Waals surface area contributed by atoms with Crippen molar-refractivity contribution in [3.8, 4) is 17.5 Å². The van der Waals surface area contributed by atoms with Crippen molar-refractivity contribution in [2.75, 3.05) is 19.8 Å². The van der Waals surface area contributed by atoms with Crippen molar-refractivity contribution in [1.29, 1.82) is 5.26 Å². The molecule has 9 heteroatoms. The largest absolute Gasteiger partial charge is 0.379 e. The van der Waals surface area contributed by atoms with Gasteiger partial charge in [-0.3, -0.25) is 9.78 Å². The number of nitrogens with zero attached hydrogens (tertiary/aromatic N) is 5. The Kier molecular flexibility index (Phi) is 5.86. The number of hydrogen-bond donors (Lipinski definition) is 1. The van der Waals surface area contributed by atoms with Crippen LogP contribution in [0.15, 0.2) is 54.9 Å². The van der Waals surface area contributed by atoms with Crippen LogP contribution >= 0.6 is 0 Å². The Labute approximate surface area is 219 Å². The second-order valence-electron chi connectivity index (χ2n) is 10.4. The van der Waals surface area contributed by atoms with Gasteiger partial charge in [0, 0.05) is 23.3 Å². The van der Waals surface area contributed by atoms with E-state index in [1.807, 2.05) is 37.3 Å². The van der Waals surface area contributed by atoms with Crippen LogP contribution in [0, 0.1) is 11.3 Å². The molecule has 0 bridgehead atoms. The van der Waals surface area contributed by atoms with E-state index in [1.54, 1.807) is 24.5 Å². The Balaban J connectivity index is 1.21. The van der Waals surface area contributed by atoms with Gasteiger partial charge in [0.2, 0.25) is 0 Å². The third-order valence-electron chi connectivity index (χ3n) is 7.22. The fourth-order valence-corrected chi connectivity index (χ4v) is 4.79. The average molecular weight is 507 g/mol. The normalized spacial score (nSPS) is 19.7. The molecule has 2 aliphatic heterocycles. The molecule has 1 N–H and O–H groups in total. The van der Waals surface area contributed by atoms with Gasteiger partial charge in [-0.05, 0) is 61.4 Å². The molecule has 9 nitrogen and oxygen atoms in total. The quantitative estimate of drug-likeness (QED) is 0.435. The fourth-order valence-electron chi connectivity index (χ4n) is 4.79. The van der Waals surface area contributed by atoms with Crippen LogP contribution in [0.5, 0.6) is 0 Å². The molecule has 1 amide bonds. The SMILES string of the molecule is CC1(c2nccc(-c3ccc4cnc(CNC(=O)c5ccc6c(c5)[C@](C)(C#N)COC6)cc4n3)n2)COC1. The molecule has 1 aromatic carbocycles. The maximum Gasteiger partial charge on any atom is 0.251 e. The molecule has 2 aliphatic rings. The van der Waals surface area contributed by atoms with Crippen LogP contribution < -0.4 is 5.32 Å². The van der Waals surface area contributed by atoms with Crippen molar-refractivity contribution in [2.24, 2.45) is 0 Å². The zero-order valence-corrected chi connectivity index (χ0v) is 21.2. The third-order valence-corrected chi connectivity index (χ3v) is 7.22. The minimum absolute atomic E-state index is 0.165. The van der Waals surface area contributed by atoms with Gasteiger partial charge in [-0.2, -0.15) is 5.26 Å². The van der Waals surface area contributed by atoms with Gasteiger partial charge in [0.15, 0.2) is 0 Å². The van der Waals surface area contributed by atoms with Gasteiger partial charge in [0.25, 0.3) is 5.91 Å². The predicted octanol–water partition coefficient (Wildman–Crippen LogP) is 3.62. The molecule has 6 rings (SSSR count). The molecule has 1 fully saturated rings. The van der Waals surface area contributed by atoms with E-state index in [0.29, 0.717) is 37.7 Å². The number of nitrogens with one attached hydrogen (secondary N) is 1. The minimum Gasteiger partial charge on any atom is -0.379 e. The Bertz CT molecular complexity index is 1610. The summed E-state index contributed by atoms with van der Waals surface area (Å²) in [5, 5.41) is 13.5. The molecule has 190 valence electrons. The van der Waals surface area contributed by atoms with E-state index < -0.39 is 5.41 Å². The van der Waals surface area contributed by atoms with E-state index in [1.165, 1.54) is 0 Å². The van der Waals surface area contributed by atoms with Crippen LogP contribution in [0.4, 0.5) is 0 Å². The van der Waals surface area contributed by atoms with Gasteiger partial charge in [-0.15, -0.1) is 0 Å². The summed E-state index contributed by atoms with van der Waals surface area (Å²) in [5.41, 5.74) is 4.27. The highest BCUT2D eigenvalue weighted by molar-refractivity contribution is 5.94. The number of pyridine rings is 2. The Hall–Kier alpha value is -4.26. The highest BCUT2D eigenvalue weighted by Crippen LogP contribution is 2.33. The van der Waals surface area contributed by atoms with Gasteiger partial charge in [0.1, 0.15) is 11.2 Å². The molecule has 0 spiro atoms. The molecule has 5 heterocycles. The van der Waals surface area contributed by atoms with E-state index in [9.17, 15) is 10.1 Å². The molecule has 3 aromatic heterocycles. The predicted molar refractivity (Wildman–Crippen MR) is 139 cm³/mol. The van der Waals surface area contributed by atoms with E-state index >= 15 is 0 Å². The monoisotopic (exact) mass is 506 g/mol. The molecular formula is C29H26N6O3. The van der Waals surface area contributed by atoms with Crippen molar-refractivity contribution in [3.05, 3.63) is 83.1 Å². The molecule has 1 atom stereocenters. The summed E-state index contributed by atoms with van der Waals surface area (Å²) in [6.45, 7) is 6.13. The number of amides is 1. The Morgan fingerprint density at radius 2 is 1.87 bits per heavy atom. The highest BCUT2D eigenvalue weighted by atomic mass is 16.5. The number of benzene rings is 1. The first-order valence-corrected chi connectivity index (χ1v) is 12.4. The lowest BCUT2D eigenvalue weighted by Gasteiger charge is -2.36. The van der Waals surface area contributed by atoms with Gasteiger partial charge < -0.3 is 14.8 Å². The standard InChI is InChI=1S/C29H26N6O3/c1-28(14-30)15-37-13-20-4-3-18(9-22(20)28)26(36)33-12-21-10-25-19(11-32-21)5-6-23(34-25)24-7-8-31-27(35-24)29(2)16-38-17-29/h3-11H,12-13,15-17H2,1-2H3,(H,33,36)/t28-/m1/s1. The fraction of sp³-hybridized carbons (Fsp3) is 0.310. The second-order valence-corrected chi connectivity index (χ2v) is 10.4. The number of ether oxygens (including phenoxy) is 2. The van der Waals surface area contributed by atoms with E-state index in [4.69, 9.17) is 19.4 Å². The summed E-state index contributed by atoms with van der Waals surface area (Å²) in [6.07, 6.45) is 3.51. The molecule has 0 aliphatic carbocycles. The number of nitriles is 1. The van der Waals surface area contributed by atoms with Crippen molar-refractivity contribution in [1.82, 2.24) is 25.3 Å². The molecule has 0 radical (unpaired) electrons. The maximum atomic E-state index is 13.0. The smallest absolute Gasteiger partial charge is 0.251 e. The first-order chi connectivity index (χ1) is 18.4. The van der Waals surface area contributed by atoms with Crippen molar-refractivity contribution in [3.63, 3.8) is 0 Å². The third kappa shape index (κ3) is 4.28. The van der Waals surface area contributed by atoms with Crippen LogP contribution in [0.1, 0.15) is 46.9 Å². The molecule has 0 saturated carbocycles. The topological polar surface area (TPSA) is 123 Å². The first kappa shape index (κ1) is 24.1. The van der Waals surface area contributed by atoms with Crippen LogP contribution in [-0.2, 0) is 33.5 Å². The lowest BCUT2D eigenvalue weighted by molar-refractivity contribution is -0.0543. The molecule has 38 heavy (non-hydrogen) atoms. The number of carbonyl (C=O) groups excluding carboxylic acids is 1.